The number of ether oxygens (including phenoxy) is 1. The molecule has 0 spiro atoms. The van der Waals surface area contributed by atoms with E-state index in [1.165, 1.54) is 0 Å². The van der Waals surface area contributed by atoms with Crippen LogP contribution in [0.1, 0.15) is 5.56 Å². The van der Waals surface area contributed by atoms with Crippen molar-refractivity contribution < 1.29 is 4.74 Å². The Balaban J connectivity index is 2.02. The third-order valence-electron chi connectivity index (χ3n) is 2.41. The summed E-state index contributed by atoms with van der Waals surface area (Å²) in [4.78, 5) is 0. The lowest BCUT2D eigenvalue weighted by molar-refractivity contribution is 0.0903. The summed E-state index contributed by atoms with van der Waals surface area (Å²) in [5.41, 5.74) is 1.04. The zero-order valence-corrected chi connectivity index (χ0v) is 10.3. The highest BCUT2D eigenvalue weighted by Gasteiger charge is 2.08. The molecule has 2 rings (SSSR count). The fourth-order valence-electron chi connectivity index (χ4n) is 1.55. The Hall–Kier alpha value is -0.540. The van der Waals surface area contributed by atoms with Crippen LogP contribution in [0, 0.1) is 0 Å². The maximum Gasteiger partial charge on any atom is 0.0656 e. The van der Waals surface area contributed by atoms with Crippen LogP contribution in [0.25, 0.3) is 6.08 Å². The molecule has 0 radical (unpaired) electrons. The van der Waals surface area contributed by atoms with Crippen molar-refractivity contribution in [1.29, 1.82) is 0 Å². The normalized spacial score (nSPS) is 21.5. The van der Waals surface area contributed by atoms with Crippen molar-refractivity contribution in [1.82, 2.24) is 5.32 Å². The summed E-state index contributed by atoms with van der Waals surface area (Å²) in [6.07, 6.45) is 4.10. The Morgan fingerprint density at radius 1 is 1.31 bits per heavy atom. The van der Waals surface area contributed by atoms with Crippen LogP contribution < -0.4 is 5.32 Å². The molecule has 1 atom stereocenters. The lowest BCUT2D eigenvalue weighted by atomic mass is 10.1. The Morgan fingerprint density at radius 3 is 2.88 bits per heavy atom. The van der Waals surface area contributed by atoms with E-state index in [1.807, 2.05) is 18.2 Å². The summed E-state index contributed by atoms with van der Waals surface area (Å²) in [5.74, 6) is 0. The van der Waals surface area contributed by atoms with Gasteiger partial charge in [0, 0.05) is 12.6 Å². The van der Waals surface area contributed by atoms with Gasteiger partial charge < -0.3 is 10.1 Å². The number of halogens is 2. The molecule has 1 aromatic carbocycles. The van der Waals surface area contributed by atoms with E-state index in [-0.39, 0.29) is 6.04 Å². The summed E-state index contributed by atoms with van der Waals surface area (Å²) in [7, 11) is 0. The summed E-state index contributed by atoms with van der Waals surface area (Å²) in [5, 5.41) is 4.51. The molecule has 1 heterocycles. The lowest BCUT2D eigenvalue weighted by Crippen LogP contribution is -2.39. The van der Waals surface area contributed by atoms with Gasteiger partial charge in [-0.3, -0.25) is 0 Å². The second-order valence-electron chi connectivity index (χ2n) is 3.67. The van der Waals surface area contributed by atoms with Crippen molar-refractivity contribution in [2.24, 2.45) is 0 Å². The van der Waals surface area contributed by atoms with Gasteiger partial charge in [-0.15, -0.1) is 0 Å². The van der Waals surface area contributed by atoms with Crippen molar-refractivity contribution >= 4 is 29.3 Å². The fourth-order valence-corrected chi connectivity index (χ4v) is 1.86. The van der Waals surface area contributed by atoms with Crippen LogP contribution >= 0.6 is 23.2 Å². The van der Waals surface area contributed by atoms with E-state index < -0.39 is 0 Å². The monoisotopic (exact) mass is 257 g/mol. The van der Waals surface area contributed by atoms with Gasteiger partial charge in [0.2, 0.25) is 0 Å². The van der Waals surface area contributed by atoms with Crippen LogP contribution in [0.5, 0.6) is 0 Å². The van der Waals surface area contributed by atoms with E-state index in [4.69, 9.17) is 27.9 Å². The van der Waals surface area contributed by atoms with Gasteiger partial charge >= 0.3 is 0 Å². The Kier molecular flexibility index (Phi) is 4.24. The Bertz CT molecular complexity index is 387. The van der Waals surface area contributed by atoms with Gasteiger partial charge in [0.1, 0.15) is 0 Å². The first-order valence-corrected chi connectivity index (χ1v) is 5.96. The minimum Gasteiger partial charge on any atom is -0.378 e. The quantitative estimate of drug-likeness (QED) is 0.880. The maximum absolute atomic E-state index is 5.93. The topological polar surface area (TPSA) is 21.3 Å². The molecule has 1 unspecified atom stereocenters. The molecule has 16 heavy (non-hydrogen) atoms. The molecule has 0 saturated carbocycles. The summed E-state index contributed by atoms with van der Waals surface area (Å²) < 4.78 is 5.35. The molecule has 1 saturated heterocycles. The van der Waals surface area contributed by atoms with Gasteiger partial charge in [0.25, 0.3) is 0 Å². The summed E-state index contributed by atoms with van der Waals surface area (Å²) in [6, 6.07) is 5.87. The molecule has 0 bridgehead atoms. The molecular formula is C12H13Cl2NO. The number of benzene rings is 1. The van der Waals surface area contributed by atoms with Crippen LogP contribution in [0.15, 0.2) is 24.3 Å². The second-order valence-corrected chi connectivity index (χ2v) is 4.48. The van der Waals surface area contributed by atoms with Crippen LogP contribution in [-0.4, -0.2) is 25.8 Å². The molecular weight excluding hydrogens is 245 g/mol. The van der Waals surface area contributed by atoms with Crippen LogP contribution in [0.2, 0.25) is 10.0 Å². The van der Waals surface area contributed by atoms with Crippen molar-refractivity contribution in [3.8, 4) is 0 Å². The molecule has 0 amide bonds. The molecule has 1 aromatic rings. The van der Waals surface area contributed by atoms with Crippen molar-refractivity contribution in [2.75, 3.05) is 19.8 Å². The average molecular weight is 258 g/mol. The standard InChI is InChI=1S/C12H13Cl2NO/c13-11-4-2-9(7-12(11)14)1-3-10-8-16-6-5-15-10/h1-4,7,10,15H,5-6,8H2/b3-1+. The molecule has 2 nitrogen and oxygen atoms in total. The molecule has 1 fully saturated rings. The SMILES string of the molecule is Clc1ccc(/C=C/C2COCCN2)cc1Cl. The molecule has 4 heteroatoms. The van der Waals surface area contributed by atoms with Crippen molar-refractivity contribution in [3.63, 3.8) is 0 Å². The van der Waals surface area contributed by atoms with E-state index in [0.717, 1.165) is 25.3 Å². The van der Waals surface area contributed by atoms with Crippen molar-refractivity contribution in [3.05, 3.63) is 39.9 Å². The van der Waals surface area contributed by atoms with Crippen LogP contribution in [0.4, 0.5) is 0 Å². The van der Waals surface area contributed by atoms with E-state index in [9.17, 15) is 0 Å². The predicted octanol–water partition coefficient (Wildman–Crippen LogP) is 3.00. The van der Waals surface area contributed by atoms with Gasteiger partial charge in [0.15, 0.2) is 0 Å². The average Bonchev–Trinajstić information content (AvgIpc) is 2.32. The highest BCUT2D eigenvalue weighted by atomic mass is 35.5. The number of nitrogens with one attached hydrogen (secondary N) is 1. The zero-order chi connectivity index (χ0) is 11.4. The minimum atomic E-state index is 0.281. The highest BCUT2D eigenvalue weighted by Crippen LogP contribution is 2.23. The van der Waals surface area contributed by atoms with Gasteiger partial charge in [-0.1, -0.05) is 41.4 Å². The third kappa shape index (κ3) is 3.22. The smallest absolute Gasteiger partial charge is 0.0656 e. The van der Waals surface area contributed by atoms with Gasteiger partial charge in [-0.2, -0.15) is 0 Å². The summed E-state index contributed by atoms with van der Waals surface area (Å²) >= 11 is 11.8. The van der Waals surface area contributed by atoms with E-state index in [2.05, 4.69) is 11.4 Å². The number of morpholine rings is 1. The van der Waals surface area contributed by atoms with E-state index >= 15 is 0 Å². The molecule has 0 aromatic heterocycles. The summed E-state index contributed by atoms with van der Waals surface area (Å²) in [6.45, 7) is 2.41. The number of hydrogen-bond acceptors (Lipinski definition) is 2. The van der Waals surface area contributed by atoms with E-state index in [1.54, 1.807) is 6.07 Å². The van der Waals surface area contributed by atoms with Gasteiger partial charge in [0.05, 0.1) is 23.3 Å². The Labute approximate surface area is 105 Å². The molecule has 0 aliphatic carbocycles. The Morgan fingerprint density at radius 2 is 2.19 bits per heavy atom. The zero-order valence-electron chi connectivity index (χ0n) is 8.75. The first kappa shape index (κ1) is 11.9. The number of rotatable bonds is 2. The molecule has 1 aliphatic heterocycles. The fraction of sp³-hybridized carbons (Fsp3) is 0.333. The van der Waals surface area contributed by atoms with Gasteiger partial charge in [-0.05, 0) is 17.7 Å². The molecule has 1 N–H and O–H groups in total. The lowest BCUT2D eigenvalue weighted by Gasteiger charge is -2.20. The maximum atomic E-state index is 5.93. The molecule has 86 valence electrons. The first-order valence-electron chi connectivity index (χ1n) is 5.20. The first-order chi connectivity index (χ1) is 7.75. The molecule has 1 aliphatic rings. The largest absolute Gasteiger partial charge is 0.378 e. The van der Waals surface area contributed by atoms with Gasteiger partial charge in [-0.25, -0.2) is 0 Å². The van der Waals surface area contributed by atoms with E-state index in [0.29, 0.717) is 10.0 Å². The van der Waals surface area contributed by atoms with Crippen LogP contribution in [-0.2, 0) is 4.74 Å². The second kappa shape index (κ2) is 5.69. The van der Waals surface area contributed by atoms with Crippen molar-refractivity contribution in [2.45, 2.75) is 6.04 Å². The minimum absolute atomic E-state index is 0.281. The number of hydrogen-bond donors (Lipinski definition) is 1. The highest BCUT2D eigenvalue weighted by molar-refractivity contribution is 6.42. The third-order valence-corrected chi connectivity index (χ3v) is 3.15. The predicted molar refractivity (Wildman–Crippen MR) is 68.1 cm³/mol. The van der Waals surface area contributed by atoms with Crippen LogP contribution in [0.3, 0.4) is 0 Å².